The highest BCUT2D eigenvalue weighted by Gasteiger charge is 2.21. The van der Waals surface area contributed by atoms with Gasteiger partial charge in [-0.05, 0) is 68.1 Å². The molecule has 1 saturated heterocycles. The van der Waals surface area contributed by atoms with Crippen LogP contribution in [0.3, 0.4) is 0 Å². The molecule has 1 aliphatic heterocycles. The summed E-state index contributed by atoms with van der Waals surface area (Å²) in [7, 11) is 0. The molecule has 0 amide bonds. The Balaban J connectivity index is 0.00000225. The van der Waals surface area contributed by atoms with Gasteiger partial charge in [-0.1, -0.05) is 47.5 Å². The summed E-state index contributed by atoms with van der Waals surface area (Å²) in [6.45, 7) is 3.00. The normalized spacial score (nSPS) is 15.4. The fourth-order valence-electron chi connectivity index (χ4n) is 3.67. The van der Waals surface area contributed by atoms with Gasteiger partial charge < -0.3 is 4.42 Å². The summed E-state index contributed by atoms with van der Waals surface area (Å²) < 4.78 is 5.65. The van der Waals surface area contributed by atoms with Crippen molar-refractivity contribution in [3.05, 3.63) is 76.1 Å². The first kappa shape index (κ1) is 21.2. The number of likely N-dealkylation sites (tertiary alicyclic amines) is 1. The average molecular weight is 438 g/mol. The molecule has 0 unspecified atom stereocenters. The summed E-state index contributed by atoms with van der Waals surface area (Å²) >= 11 is 12.2. The van der Waals surface area contributed by atoms with Crippen molar-refractivity contribution in [1.29, 1.82) is 0 Å². The Bertz CT molecular complexity index is 887. The van der Waals surface area contributed by atoms with E-state index in [0.29, 0.717) is 10.9 Å². The number of nitrogens with zero attached hydrogens (tertiary/aromatic N) is 2. The van der Waals surface area contributed by atoms with Crippen molar-refractivity contribution in [3.63, 3.8) is 0 Å². The van der Waals surface area contributed by atoms with Gasteiger partial charge in [0.2, 0.25) is 5.89 Å². The molecule has 1 aromatic heterocycles. The van der Waals surface area contributed by atoms with Crippen molar-refractivity contribution < 1.29 is 4.42 Å². The van der Waals surface area contributed by atoms with Crippen LogP contribution in [0.4, 0.5) is 0 Å². The maximum Gasteiger partial charge on any atom is 0.227 e. The van der Waals surface area contributed by atoms with Crippen molar-refractivity contribution >= 4 is 35.6 Å². The molecule has 0 aliphatic carbocycles. The van der Waals surface area contributed by atoms with Gasteiger partial charge in [0.15, 0.2) is 0 Å². The summed E-state index contributed by atoms with van der Waals surface area (Å²) in [6, 6.07) is 15.9. The lowest BCUT2D eigenvalue weighted by atomic mass is 9.90. The SMILES string of the molecule is Cl.Clc1ccc(CC2CCN(Cc3coc(-c4ccccc4Cl)n3)CC2)cc1. The van der Waals surface area contributed by atoms with E-state index in [2.05, 4.69) is 22.0 Å². The van der Waals surface area contributed by atoms with Crippen molar-refractivity contribution in [3.8, 4) is 11.5 Å². The van der Waals surface area contributed by atoms with Crippen LogP contribution in [-0.2, 0) is 13.0 Å². The predicted octanol–water partition coefficient (Wildman–Crippen LogP) is 6.52. The average Bonchev–Trinajstić information content (AvgIpc) is 3.14. The van der Waals surface area contributed by atoms with Crippen LogP contribution in [0.15, 0.2) is 59.2 Å². The Morgan fingerprint density at radius 1 is 1.00 bits per heavy atom. The van der Waals surface area contributed by atoms with Crippen molar-refractivity contribution in [2.24, 2.45) is 5.92 Å². The van der Waals surface area contributed by atoms with Gasteiger partial charge in [0.25, 0.3) is 0 Å². The number of oxazole rings is 1. The van der Waals surface area contributed by atoms with E-state index in [-0.39, 0.29) is 12.4 Å². The lowest BCUT2D eigenvalue weighted by molar-refractivity contribution is 0.175. The minimum atomic E-state index is 0. The molecule has 6 heteroatoms. The molecular weight excluding hydrogens is 415 g/mol. The standard InChI is InChI=1S/C22H22Cl2N2O.ClH/c23-18-7-5-16(6-8-18)13-17-9-11-26(12-10-17)14-19-15-27-22(25-19)20-3-1-2-4-21(20)24;/h1-8,15,17H,9-14H2;1H. The molecular formula is C22H23Cl3N2O. The summed E-state index contributed by atoms with van der Waals surface area (Å²) in [5, 5.41) is 1.46. The smallest absolute Gasteiger partial charge is 0.227 e. The third-order valence-corrected chi connectivity index (χ3v) is 5.77. The monoisotopic (exact) mass is 436 g/mol. The second-order valence-electron chi connectivity index (χ2n) is 7.17. The van der Waals surface area contributed by atoms with Crippen molar-refractivity contribution in [2.45, 2.75) is 25.8 Å². The summed E-state index contributed by atoms with van der Waals surface area (Å²) in [4.78, 5) is 7.08. The second kappa shape index (κ2) is 9.80. The highest BCUT2D eigenvalue weighted by molar-refractivity contribution is 6.33. The molecule has 0 radical (unpaired) electrons. The topological polar surface area (TPSA) is 29.3 Å². The zero-order valence-electron chi connectivity index (χ0n) is 15.5. The van der Waals surface area contributed by atoms with Crippen LogP contribution in [0, 0.1) is 5.92 Å². The third kappa shape index (κ3) is 5.30. The van der Waals surface area contributed by atoms with Gasteiger partial charge in [-0.2, -0.15) is 0 Å². The van der Waals surface area contributed by atoms with Gasteiger partial charge in [-0.3, -0.25) is 4.90 Å². The maximum atomic E-state index is 6.23. The van der Waals surface area contributed by atoms with Gasteiger partial charge in [-0.25, -0.2) is 4.98 Å². The van der Waals surface area contributed by atoms with Gasteiger partial charge in [-0.15, -0.1) is 12.4 Å². The zero-order chi connectivity index (χ0) is 18.6. The number of hydrogen-bond donors (Lipinski definition) is 0. The minimum Gasteiger partial charge on any atom is -0.444 e. The number of halogens is 3. The van der Waals surface area contributed by atoms with Crippen LogP contribution < -0.4 is 0 Å². The summed E-state index contributed by atoms with van der Waals surface area (Å²) in [5.41, 5.74) is 3.17. The number of hydrogen-bond acceptors (Lipinski definition) is 3. The van der Waals surface area contributed by atoms with E-state index in [1.807, 2.05) is 36.4 Å². The molecule has 0 saturated carbocycles. The first-order valence-corrected chi connectivity index (χ1v) is 10.1. The van der Waals surface area contributed by atoms with E-state index in [9.17, 15) is 0 Å². The molecule has 2 heterocycles. The Kier molecular flexibility index (Phi) is 7.42. The number of aromatic nitrogens is 1. The summed E-state index contributed by atoms with van der Waals surface area (Å²) in [5.74, 6) is 1.33. The van der Waals surface area contributed by atoms with Crippen LogP contribution in [0.5, 0.6) is 0 Å². The van der Waals surface area contributed by atoms with E-state index < -0.39 is 0 Å². The first-order valence-electron chi connectivity index (χ1n) is 9.33. The van der Waals surface area contributed by atoms with Crippen LogP contribution in [0.25, 0.3) is 11.5 Å². The van der Waals surface area contributed by atoms with Gasteiger partial charge in [0, 0.05) is 11.6 Å². The van der Waals surface area contributed by atoms with Crippen LogP contribution in [-0.4, -0.2) is 23.0 Å². The molecule has 3 nitrogen and oxygen atoms in total. The Morgan fingerprint density at radius 3 is 2.43 bits per heavy atom. The molecule has 1 fully saturated rings. The van der Waals surface area contributed by atoms with E-state index >= 15 is 0 Å². The van der Waals surface area contributed by atoms with E-state index in [4.69, 9.17) is 27.6 Å². The molecule has 0 atom stereocenters. The first-order chi connectivity index (χ1) is 13.2. The van der Waals surface area contributed by atoms with Crippen LogP contribution >= 0.6 is 35.6 Å². The predicted molar refractivity (Wildman–Crippen MR) is 117 cm³/mol. The van der Waals surface area contributed by atoms with Gasteiger partial charge >= 0.3 is 0 Å². The molecule has 3 aromatic rings. The molecule has 0 N–H and O–H groups in total. The highest BCUT2D eigenvalue weighted by atomic mass is 35.5. The van der Waals surface area contributed by atoms with E-state index in [1.165, 1.54) is 18.4 Å². The third-order valence-electron chi connectivity index (χ3n) is 5.19. The fraction of sp³-hybridized carbons (Fsp3) is 0.318. The lowest BCUT2D eigenvalue weighted by Crippen LogP contribution is -2.33. The summed E-state index contributed by atoms with van der Waals surface area (Å²) in [6.07, 6.45) is 5.29. The quantitative estimate of drug-likeness (QED) is 0.454. The van der Waals surface area contributed by atoms with E-state index in [1.54, 1.807) is 6.26 Å². The van der Waals surface area contributed by atoms with E-state index in [0.717, 1.165) is 48.3 Å². The molecule has 0 spiro atoms. The highest BCUT2D eigenvalue weighted by Crippen LogP contribution is 2.28. The molecule has 148 valence electrons. The second-order valence-corrected chi connectivity index (χ2v) is 8.02. The Labute approximate surface area is 182 Å². The maximum absolute atomic E-state index is 6.23. The Hall–Kier alpha value is -1.52. The number of piperidine rings is 1. The van der Waals surface area contributed by atoms with Crippen molar-refractivity contribution in [1.82, 2.24) is 9.88 Å². The zero-order valence-corrected chi connectivity index (χ0v) is 17.8. The minimum absolute atomic E-state index is 0. The fourth-order valence-corrected chi connectivity index (χ4v) is 4.01. The molecule has 4 rings (SSSR count). The van der Waals surface area contributed by atoms with Crippen LogP contribution in [0.2, 0.25) is 10.0 Å². The van der Waals surface area contributed by atoms with Gasteiger partial charge in [0.1, 0.15) is 6.26 Å². The van der Waals surface area contributed by atoms with Crippen molar-refractivity contribution in [2.75, 3.05) is 13.1 Å². The molecule has 0 bridgehead atoms. The number of rotatable bonds is 5. The van der Waals surface area contributed by atoms with Gasteiger partial charge in [0.05, 0.1) is 16.3 Å². The Morgan fingerprint density at radius 2 is 1.71 bits per heavy atom. The molecule has 28 heavy (non-hydrogen) atoms. The van der Waals surface area contributed by atoms with Crippen LogP contribution in [0.1, 0.15) is 24.1 Å². The lowest BCUT2D eigenvalue weighted by Gasteiger charge is -2.31. The molecule has 1 aliphatic rings. The largest absolute Gasteiger partial charge is 0.444 e. The molecule has 2 aromatic carbocycles. The number of benzene rings is 2.